The van der Waals surface area contributed by atoms with Crippen molar-refractivity contribution < 1.29 is 14.3 Å². The summed E-state index contributed by atoms with van der Waals surface area (Å²) >= 11 is 6.31. The van der Waals surface area contributed by atoms with Crippen LogP contribution < -0.4 is 10.9 Å². The first kappa shape index (κ1) is 27.7. The number of H-pyrrole nitrogens is 1. The summed E-state index contributed by atoms with van der Waals surface area (Å²) in [6.45, 7) is 0. The van der Waals surface area contributed by atoms with Crippen molar-refractivity contribution in [3.63, 3.8) is 0 Å². The van der Waals surface area contributed by atoms with E-state index < -0.39 is 18.0 Å². The number of nitrogens with one attached hydrogen (secondary N) is 2. The van der Waals surface area contributed by atoms with Gasteiger partial charge in [-0.1, -0.05) is 54.1 Å². The number of imidazole rings is 1. The molecule has 214 valence electrons. The highest BCUT2D eigenvalue weighted by Crippen LogP contribution is 2.30. The van der Waals surface area contributed by atoms with Crippen LogP contribution in [0.25, 0.3) is 28.1 Å². The van der Waals surface area contributed by atoms with Crippen molar-refractivity contribution in [3.05, 3.63) is 142 Å². The molecule has 0 spiro atoms. The van der Waals surface area contributed by atoms with Crippen molar-refractivity contribution >= 4 is 23.4 Å². The Labute approximate surface area is 249 Å². The highest BCUT2D eigenvalue weighted by atomic mass is 35.5. The Hall–Kier alpha value is -5.48. The van der Waals surface area contributed by atoms with Gasteiger partial charge in [-0.15, -0.1) is 0 Å². The fourth-order valence-corrected chi connectivity index (χ4v) is 5.13. The second kappa shape index (κ2) is 11.8. The zero-order valence-electron chi connectivity index (χ0n) is 22.5. The number of hydrogen-bond donors (Lipinski definition) is 3. The Morgan fingerprint density at radius 2 is 1.79 bits per heavy atom. The Morgan fingerprint density at radius 1 is 1.00 bits per heavy atom. The predicted octanol–water partition coefficient (Wildman–Crippen LogP) is 6.81. The lowest BCUT2D eigenvalue weighted by molar-refractivity contribution is 0.209. The third-order valence-electron chi connectivity index (χ3n) is 6.98. The van der Waals surface area contributed by atoms with E-state index in [1.54, 1.807) is 59.4 Å². The van der Waals surface area contributed by atoms with Crippen LogP contribution in [0.1, 0.15) is 17.4 Å². The first-order chi connectivity index (χ1) is 20.8. The molecule has 0 aliphatic rings. The van der Waals surface area contributed by atoms with E-state index in [1.165, 1.54) is 16.9 Å². The van der Waals surface area contributed by atoms with E-state index in [1.807, 2.05) is 36.4 Å². The molecule has 0 bridgehead atoms. The van der Waals surface area contributed by atoms with Crippen LogP contribution in [0.4, 0.5) is 14.9 Å². The third kappa shape index (κ3) is 6.09. The van der Waals surface area contributed by atoms with Crippen LogP contribution in [0.5, 0.6) is 0 Å². The number of aromatic amines is 1. The van der Waals surface area contributed by atoms with Gasteiger partial charge < -0.3 is 14.7 Å². The van der Waals surface area contributed by atoms with Crippen LogP contribution in [-0.4, -0.2) is 35.5 Å². The number of carboxylic acid groups (broad SMARTS) is 1. The molecule has 0 saturated carbocycles. The quantitative estimate of drug-likeness (QED) is 0.179. The molecule has 1 unspecified atom stereocenters. The van der Waals surface area contributed by atoms with Gasteiger partial charge in [0, 0.05) is 35.0 Å². The summed E-state index contributed by atoms with van der Waals surface area (Å²) in [7, 11) is 0. The second-order valence-electron chi connectivity index (χ2n) is 9.82. The van der Waals surface area contributed by atoms with Gasteiger partial charge in [-0.25, -0.2) is 18.9 Å². The van der Waals surface area contributed by atoms with E-state index in [9.17, 15) is 14.0 Å². The number of anilines is 1. The van der Waals surface area contributed by atoms with Gasteiger partial charge in [-0.2, -0.15) is 5.10 Å². The van der Waals surface area contributed by atoms with E-state index in [4.69, 9.17) is 16.7 Å². The number of hydrogen-bond acceptors (Lipinski definition) is 4. The molecule has 43 heavy (non-hydrogen) atoms. The maximum Gasteiger partial charge on any atom is 0.409 e. The zero-order valence-corrected chi connectivity index (χ0v) is 23.2. The number of aromatic nitrogens is 5. The predicted molar refractivity (Wildman–Crippen MR) is 162 cm³/mol. The molecule has 9 nitrogen and oxygen atoms in total. The van der Waals surface area contributed by atoms with Crippen molar-refractivity contribution in [2.75, 3.05) is 5.32 Å². The largest absolute Gasteiger partial charge is 0.465 e. The third-order valence-corrected chi connectivity index (χ3v) is 7.22. The molecule has 0 aliphatic carbocycles. The molecule has 1 atom stereocenters. The van der Waals surface area contributed by atoms with Gasteiger partial charge in [0.25, 0.3) is 5.56 Å². The molecule has 3 N–H and O–H groups in total. The summed E-state index contributed by atoms with van der Waals surface area (Å²) in [5.41, 5.74) is 4.52. The van der Waals surface area contributed by atoms with Gasteiger partial charge in [0.05, 0.1) is 36.0 Å². The Morgan fingerprint density at radius 3 is 2.49 bits per heavy atom. The topological polar surface area (TPSA) is 118 Å². The lowest BCUT2D eigenvalue weighted by Gasteiger charge is -2.19. The van der Waals surface area contributed by atoms with E-state index >= 15 is 0 Å². The van der Waals surface area contributed by atoms with Crippen molar-refractivity contribution in [3.8, 4) is 28.1 Å². The monoisotopic (exact) mass is 594 g/mol. The fraction of sp³-hybridized carbons (Fsp3) is 0.0625. The minimum absolute atomic E-state index is 0.266. The van der Waals surface area contributed by atoms with Gasteiger partial charge in [-0.3, -0.25) is 10.1 Å². The van der Waals surface area contributed by atoms with Crippen LogP contribution in [0, 0.1) is 5.82 Å². The van der Waals surface area contributed by atoms with Crippen LogP contribution in [0.2, 0.25) is 5.02 Å². The van der Waals surface area contributed by atoms with Crippen molar-refractivity contribution in [1.82, 2.24) is 24.3 Å². The van der Waals surface area contributed by atoms with E-state index in [-0.39, 0.29) is 5.56 Å². The molecule has 6 rings (SSSR count). The molecule has 0 fully saturated rings. The Balaban J connectivity index is 1.38. The van der Waals surface area contributed by atoms with Gasteiger partial charge in [0.2, 0.25) is 0 Å². The van der Waals surface area contributed by atoms with Crippen molar-refractivity contribution in [2.24, 2.45) is 0 Å². The molecule has 11 heteroatoms. The normalized spacial score (nSPS) is 11.8. The van der Waals surface area contributed by atoms with E-state index in [0.717, 1.165) is 23.0 Å². The van der Waals surface area contributed by atoms with Crippen molar-refractivity contribution in [2.45, 2.75) is 12.5 Å². The summed E-state index contributed by atoms with van der Waals surface area (Å²) in [4.78, 5) is 32.6. The Bertz CT molecular complexity index is 1970. The summed E-state index contributed by atoms with van der Waals surface area (Å²) in [6.07, 6.45) is 5.13. The molecule has 1 amide bonds. The minimum Gasteiger partial charge on any atom is -0.465 e. The van der Waals surface area contributed by atoms with Crippen molar-refractivity contribution in [1.29, 1.82) is 0 Å². The maximum absolute atomic E-state index is 13.7. The fourth-order valence-electron chi connectivity index (χ4n) is 4.96. The van der Waals surface area contributed by atoms with E-state index in [2.05, 4.69) is 20.4 Å². The average Bonchev–Trinajstić information content (AvgIpc) is 3.66. The smallest absolute Gasteiger partial charge is 0.409 e. The highest BCUT2D eigenvalue weighted by Gasteiger charge is 2.21. The number of nitrogens with zero attached hydrogens (tertiary/aromatic N) is 4. The van der Waals surface area contributed by atoms with Gasteiger partial charge >= 0.3 is 6.09 Å². The molecular weight excluding hydrogens is 571 g/mol. The summed E-state index contributed by atoms with van der Waals surface area (Å²) < 4.78 is 16.8. The summed E-state index contributed by atoms with van der Waals surface area (Å²) in [6, 6.07) is 24.7. The molecule has 0 saturated heterocycles. The number of amides is 1. The number of benzene rings is 3. The number of rotatable bonds is 8. The van der Waals surface area contributed by atoms with Gasteiger partial charge in [-0.05, 0) is 53.1 Å². The maximum atomic E-state index is 13.7. The standard InChI is InChI=1S/C32H24ClFN6O3/c33-23-8-11-28(40-19-24(34)17-36-40)26(16-23)22-12-13-39(30(41)15-22)29(14-20-4-2-1-3-5-20)31-35-18-27(38-31)21-6-9-25(10-7-21)37-32(42)43/h1-13,15-19,29,37H,14H2,(H,35,38)(H,42,43). The lowest BCUT2D eigenvalue weighted by atomic mass is 10.0. The average molecular weight is 595 g/mol. The van der Waals surface area contributed by atoms with E-state index in [0.29, 0.717) is 39.8 Å². The number of carbonyl (C=O) groups is 1. The summed E-state index contributed by atoms with van der Waals surface area (Å²) in [5, 5.41) is 15.8. The highest BCUT2D eigenvalue weighted by molar-refractivity contribution is 6.31. The van der Waals surface area contributed by atoms with Crippen LogP contribution in [0.15, 0.2) is 115 Å². The number of halogens is 2. The second-order valence-corrected chi connectivity index (χ2v) is 10.3. The van der Waals surface area contributed by atoms with Gasteiger partial charge in [0.1, 0.15) is 5.82 Å². The Kier molecular flexibility index (Phi) is 7.59. The van der Waals surface area contributed by atoms with Crippen LogP contribution in [-0.2, 0) is 6.42 Å². The molecule has 0 radical (unpaired) electrons. The first-order valence-electron chi connectivity index (χ1n) is 13.3. The summed E-state index contributed by atoms with van der Waals surface area (Å²) in [5.74, 6) is 0.0997. The SMILES string of the molecule is O=C(O)Nc1ccc(-c2cnc(C(Cc3ccccc3)n3ccc(-c4cc(Cl)ccc4-n4cc(F)cn4)cc3=O)[nH]2)cc1. The molecule has 0 aliphatic heterocycles. The minimum atomic E-state index is -1.14. The molecule has 6 aromatic rings. The lowest BCUT2D eigenvalue weighted by Crippen LogP contribution is -2.27. The van der Waals surface area contributed by atoms with Crippen LogP contribution in [0.3, 0.4) is 0 Å². The number of pyridine rings is 1. The van der Waals surface area contributed by atoms with Crippen LogP contribution >= 0.6 is 11.6 Å². The zero-order chi connectivity index (χ0) is 29.9. The molecular formula is C32H24ClFN6O3. The van der Waals surface area contributed by atoms with Gasteiger partial charge in [0.15, 0.2) is 5.82 Å². The first-order valence-corrected chi connectivity index (χ1v) is 13.6. The molecule has 3 aromatic carbocycles. The molecule has 3 aromatic heterocycles. The molecule has 3 heterocycles.